The summed E-state index contributed by atoms with van der Waals surface area (Å²) in [6.45, 7) is -1.38. The maximum Gasteiger partial charge on any atom is 0.267 e. The van der Waals surface area contributed by atoms with Gasteiger partial charge in [0, 0.05) is 12.8 Å². The van der Waals surface area contributed by atoms with Gasteiger partial charge in [-0.2, -0.15) is 0 Å². The summed E-state index contributed by atoms with van der Waals surface area (Å²) in [7, 11) is 7.03. The van der Waals surface area contributed by atoms with E-state index in [1.807, 2.05) is 109 Å². The molecule has 2 N–H and O–H groups in total. The monoisotopic (exact) mass is 818 g/mol. The predicted octanol–water partition coefficient (Wildman–Crippen LogP) is 8.56. The number of nitrogens with one attached hydrogen (secondary N) is 2. The first-order valence-electron chi connectivity index (χ1n) is 19.8. The van der Waals surface area contributed by atoms with Crippen molar-refractivity contribution < 1.29 is 27.2 Å². The number of hydrogen-bond acceptors (Lipinski definition) is 6. The van der Waals surface area contributed by atoms with Crippen LogP contribution in [0.3, 0.4) is 0 Å². The number of H-pyrrole nitrogens is 2. The highest BCUT2D eigenvalue weighted by atomic mass is 19.3. The topological polar surface area (TPSA) is 104 Å². The number of aromatic amines is 2. The Hall–Kier alpha value is -6.12. The summed E-state index contributed by atoms with van der Waals surface area (Å²) in [6.07, 6.45) is 2.14. The second kappa shape index (κ2) is 16.1. The summed E-state index contributed by atoms with van der Waals surface area (Å²) in [6, 6.07) is 30.4. The molecule has 310 valence electrons. The van der Waals surface area contributed by atoms with Gasteiger partial charge in [-0.1, -0.05) is 109 Å². The highest BCUT2D eigenvalue weighted by Crippen LogP contribution is 2.44. The fourth-order valence-corrected chi connectivity index (χ4v) is 8.48. The molecule has 2 aromatic heterocycles. The summed E-state index contributed by atoms with van der Waals surface area (Å²) in [5, 5.41) is 0. The van der Waals surface area contributed by atoms with Crippen LogP contribution in [0.15, 0.2) is 122 Å². The second-order valence-electron chi connectivity index (χ2n) is 16.2. The number of carbonyl (C=O) groups is 2. The van der Waals surface area contributed by atoms with Gasteiger partial charge in [-0.25, -0.2) is 27.5 Å². The van der Waals surface area contributed by atoms with E-state index >= 15 is 0 Å². The van der Waals surface area contributed by atoms with Crippen LogP contribution in [0.5, 0.6) is 0 Å². The van der Waals surface area contributed by atoms with Gasteiger partial charge in [-0.15, -0.1) is 0 Å². The van der Waals surface area contributed by atoms with Crippen molar-refractivity contribution in [1.82, 2.24) is 39.5 Å². The Morgan fingerprint density at radius 3 is 1.23 bits per heavy atom. The number of hydrogen-bond donors (Lipinski definition) is 2. The Kier molecular flexibility index (Phi) is 10.9. The summed E-state index contributed by atoms with van der Waals surface area (Å²) in [4.78, 5) is 49.1. The number of amides is 2. The number of alkyl halides is 4. The average molecular weight is 819 g/mol. The molecule has 0 aliphatic carbocycles. The number of carbonyl (C=O) groups excluding carboxylic acids is 2. The van der Waals surface area contributed by atoms with Crippen LogP contribution >= 0.6 is 0 Å². The zero-order valence-corrected chi connectivity index (χ0v) is 33.7. The van der Waals surface area contributed by atoms with E-state index in [9.17, 15) is 27.2 Å². The Balaban J connectivity index is 0.962. The lowest BCUT2D eigenvalue weighted by atomic mass is 10.0. The van der Waals surface area contributed by atoms with Gasteiger partial charge in [-0.3, -0.25) is 19.4 Å². The molecule has 4 atom stereocenters. The molecule has 6 aromatic rings. The van der Waals surface area contributed by atoms with E-state index in [0.29, 0.717) is 23.0 Å². The van der Waals surface area contributed by atoms with Crippen LogP contribution in [0.2, 0.25) is 0 Å². The molecule has 0 spiro atoms. The predicted molar refractivity (Wildman–Crippen MR) is 221 cm³/mol. The summed E-state index contributed by atoms with van der Waals surface area (Å²) >= 11 is 0. The van der Waals surface area contributed by atoms with Crippen molar-refractivity contribution in [2.45, 2.75) is 48.9 Å². The van der Waals surface area contributed by atoms with E-state index in [-0.39, 0.29) is 0 Å². The van der Waals surface area contributed by atoms with Crippen LogP contribution in [0, 0.1) is 0 Å². The van der Waals surface area contributed by atoms with Crippen molar-refractivity contribution in [3.8, 4) is 33.6 Å². The Bertz CT molecular complexity index is 2260. The minimum Gasteiger partial charge on any atom is -0.340 e. The largest absolute Gasteiger partial charge is 0.340 e. The number of likely N-dealkylation sites (tertiary alicyclic amines) is 2. The van der Waals surface area contributed by atoms with Gasteiger partial charge in [0.05, 0.1) is 49.0 Å². The lowest BCUT2D eigenvalue weighted by molar-refractivity contribution is -0.139. The van der Waals surface area contributed by atoms with Crippen molar-refractivity contribution in [2.24, 2.45) is 0 Å². The van der Waals surface area contributed by atoms with Crippen molar-refractivity contribution in [3.05, 3.63) is 144 Å². The first-order chi connectivity index (χ1) is 28.7. The van der Waals surface area contributed by atoms with Crippen LogP contribution in [-0.2, 0) is 9.59 Å². The molecule has 4 heterocycles. The van der Waals surface area contributed by atoms with Crippen molar-refractivity contribution in [2.75, 3.05) is 41.3 Å². The molecule has 2 amide bonds. The van der Waals surface area contributed by atoms with E-state index in [1.54, 1.807) is 50.4 Å². The van der Waals surface area contributed by atoms with Crippen molar-refractivity contribution >= 4 is 11.8 Å². The van der Waals surface area contributed by atoms with Gasteiger partial charge >= 0.3 is 0 Å². The Morgan fingerprint density at radius 2 is 0.900 bits per heavy atom. The molecule has 2 saturated heterocycles. The summed E-state index contributed by atoms with van der Waals surface area (Å²) < 4.78 is 59.8. The van der Waals surface area contributed by atoms with Crippen LogP contribution in [0.4, 0.5) is 17.6 Å². The second-order valence-corrected chi connectivity index (χ2v) is 16.2. The molecule has 10 nitrogen and oxygen atoms in total. The fourth-order valence-electron chi connectivity index (χ4n) is 8.48. The maximum absolute atomic E-state index is 14.9. The molecule has 0 radical (unpaired) electrons. The zero-order valence-electron chi connectivity index (χ0n) is 33.7. The summed E-state index contributed by atoms with van der Waals surface area (Å²) in [5.41, 5.74) is 6.15. The summed E-state index contributed by atoms with van der Waals surface area (Å²) in [5.74, 6) is -6.35. The third-order valence-corrected chi connectivity index (χ3v) is 11.4. The van der Waals surface area contributed by atoms with E-state index in [2.05, 4.69) is 19.9 Å². The number of nitrogens with zero attached hydrogens (tertiary/aromatic N) is 6. The number of likely N-dealkylation sites (N-methyl/N-ethyl adjacent to an activating group) is 2. The molecule has 14 heteroatoms. The first kappa shape index (κ1) is 40.7. The number of benzene rings is 4. The van der Waals surface area contributed by atoms with Gasteiger partial charge in [0.1, 0.15) is 23.7 Å². The Labute approximate surface area is 345 Å². The van der Waals surface area contributed by atoms with E-state index in [4.69, 9.17) is 0 Å². The van der Waals surface area contributed by atoms with Crippen molar-refractivity contribution in [1.29, 1.82) is 0 Å². The van der Waals surface area contributed by atoms with Crippen LogP contribution < -0.4 is 0 Å². The molecular formula is C46H46F4N8O2. The van der Waals surface area contributed by atoms with E-state index in [0.717, 1.165) is 33.4 Å². The third kappa shape index (κ3) is 8.21. The SMILES string of the molecule is CN(C)[C@@H](C(=O)N1CC(F)(F)C[C@H]1c1ncc(-c2ccc(-c3ccc(-c4cnc([C@@H]5CC(F)(F)CN5C(=O)[C@@H](c5ccccc5)N(C)C)[nH]4)cc3)cc2)[nH]1)c1ccccc1. The smallest absolute Gasteiger partial charge is 0.267 e. The first-order valence-corrected chi connectivity index (χ1v) is 19.8. The van der Waals surface area contributed by atoms with Crippen LogP contribution in [0.1, 0.15) is 59.8 Å². The van der Waals surface area contributed by atoms with Gasteiger partial charge < -0.3 is 19.8 Å². The maximum atomic E-state index is 14.9. The van der Waals surface area contributed by atoms with Gasteiger partial charge in [0.15, 0.2) is 0 Å². The molecule has 2 aliphatic heterocycles. The van der Waals surface area contributed by atoms with Crippen LogP contribution in [0.25, 0.3) is 33.6 Å². The minimum atomic E-state index is -3.06. The molecule has 2 fully saturated rings. The van der Waals surface area contributed by atoms with Gasteiger partial charge in [0.25, 0.3) is 11.8 Å². The quantitative estimate of drug-likeness (QED) is 0.127. The van der Waals surface area contributed by atoms with Crippen LogP contribution in [-0.4, -0.2) is 104 Å². The van der Waals surface area contributed by atoms with Crippen molar-refractivity contribution in [3.63, 3.8) is 0 Å². The minimum absolute atomic E-state index is 0.300. The highest BCUT2D eigenvalue weighted by Gasteiger charge is 2.51. The van der Waals surface area contributed by atoms with E-state index in [1.165, 1.54) is 9.80 Å². The zero-order chi connectivity index (χ0) is 42.3. The molecule has 8 rings (SSSR count). The third-order valence-electron chi connectivity index (χ3n) is 11.4. The number of halogens is 4. The van der Waals surface area contributed by atoms with Gasteiger partial charge in [-0.05, 0) is 61.6 Å². The molecule has 60 heavy (non-hydrogen) atoms. The lowest BCUT2D eigenvalue weighted by Gasteiger charge is -2.31. The normalized spacial score (nSPS) is 19.6. The molecular weight excluding hydrogens is 773 g/mol. The van der Waals surface area contributed by atoms with Gasteiger partial charge in [0.2, 0.25) is 11.8 Å². The number of aromatic nitrogens is 4. The molecule has 2 aliphatic rings. The lowest BCUT2D eigenvalue weighted by Crippen LogP contribution is -2.41. The molecule has 0 bridgehead atoms. The number of rotatable bonds is 11. The average Bonchev–Trinajstić information content (AvgIpc) is 4.04. The van der Waals surface area contributed by atoms with E-state index < -0.39 is 73.8 Å². The molecule has 0 unspecified atom stereocenters. The standard InChI is InChI=1S/C46H46F4N8O2/c1-55(2)39(33-11-7-5-8-12-33)43(59)57-27-45(47,48)23-37(57)41-51-25-35(53-41)31-19-15-29(16-20-31)30-17-21-32(22-18-30)36-26-52-42(54-36)38-24-46(49,50)28-58(38)44(60)40(56(3)4)34-13-9-6-10-14-34/h5-22,25-26,37-40H,23-24,27-28H2,1-4H3,(H,51,53)(H,52,54)/t37-,38-,39+,40+/m0/s1. The fraction of sp³-hybridized carbons (Fsp3) is 0.304. The molecule has 4 aromatic carbocycles. The Morgan fingerprint density at radius 1 is 0.567 bits per heavy atom. The highest BCUT2D eigenvalue weighted by molar-refractivity contribution is 5.85. The number of imidazole rings is 2. The molecule has 0 saturated carbocycles.